The molecule has 0 fully saturated rings. The van der Waals surface area contributed by atoms with Crippen LogP contribution in [-0.2, 0) is 0 Å². The van der Waals surface area contributed by atoms with Crippen LogP contribution in [-0.4, -0.2) is 18.9 Å². The average molecular weight is 271 g/mol. The Morgan fingerprint density at radius 2 is 2.11 bits per heavy atom. The molecule has 1 heterocycles. The molecule has 6 heteroatoms. The van der Waals surface area contributed by atoms with Gasteiger partial charge in [-0.3, -0.25) is 0 Å². The van der Waals surface area contributed by atoms with Crippen LogP contribution in [0, 0.1) is 0 Å². The van der Waals surface area contributed by atoms with E-state index in [9.17, 15) is 4.79 Å². The lowest BCUT2D eigenvalue weighted by molar-refractivity contribution is 0.174. The standard InChI is InChI=1S/C12H15ClN2O3/c1-3-7(2)14-12(16)15-9-5-11-10(4-8(9)13)17-6-18-11/h4-5,7H,3,6H2,1-2H3,(H2,14,15,16)/t7-/m0/s1. The van der Waals surface area contributed by atoms with E-state index in [4.69, 9.17) is 21.1 Å². The van der Waals surface area contributed by atoms with E-state index < -0.39 is 0 Å². The monoisotopic (exact) mass is 270 g/mol. The molecule has 1 aliphatic rings. The largest absolute Gasteiger partial charge is 0.454 e. The smallest absolute Gasteiger partial charge is 0.319 e. The van der Waals surface area contributed by atoms with Crippen molar-refractivity contribution in [3.05, 3.63) is 17.2 Å². The maximum absolute atomic E-state index is 11.7. The fourth-order valence-electron chi connectivity index (χ4n) is 1.50. The van der Waals surface area contributed by atoms with Crippen LogP contribution in [0.1, 0.15) is 20.3 Å². The topological polar surface area (TPSA) is 59.6 Å². The van der Waals surface area contributed by atoms with Crippen molar-refractivity contribution in [2.24, 2.45) is 0 Å². The van der Waals surface area contributed by atoms with E-state index in [2.05, 4.69) is 10.6 Å². The number of carbonyl (C=O) groups excluding carboxylic acids is 1. The molecule has 1 aliphatic heterocycles. The lowest BCUT2D eigenvalue weighted by atomic mass is 10.2. The third-order valence-electron chi connectivity index (χ3n) is 2.70. The second kappa shape index (κ2) is 5.35. The van der Waals surface area contributed by atoms with Gasteiger partial charge in [0.05, 0.1) is 10.7 Å². The van der Waals surface area contributed by atoms with E-state index in [-0.39, 0.29) is 18.9 Å². The Morgan fingerprint density at radius 3 is 2.78 bits per heavy atom. The van der Waals surface area contributed by atoms with Crippen LogP contribution < -0.4 is 20.1 Å². The predicted octanol–water partition coefficient (Wildman–Crippen LogP) is 2.99. The van der Waals surface area contributed by atoms with Gasteiger partial charge < -0.3 is 20.1 Å². The lowest BCUT2D eigenvalue weighted by Crippen LogP contribution is -2.35. The first kappa shape index (κ1) is 12.8. The minimum Gasteiger partial charge on any atom is -0.454 e. The van der Waals surface area contributed by atoms with E-state index in [0.717, 1.165) is 6.42 Å². The molecule has 1 aromatic carbocycles. The number of hydrogen-bond acceptors (Lipinski definition) is 3. The lowest BCUT2D eigenvalue weighted by Gasteiger charge is -2.13. The van der Waals surface area contributed by atoms with Crippen LogP contribution in [0.5, 0.6) is 11.5 Å². The van der Waals surface area contributed by atoms with E-state index in [1.54, 1.807) is 12.1 Å². The van der Waals surface area contributed by atoms with Gasteiger partial charge in [0.15, 0.2) is 11.5 Å². The number of carbonyl (C=O) groups is 1. The molecule has 2 amide bonds. The molecule has 2 N–H and O–H groups in total. The molecule has 1 aromatic rings. The van der Waals surface area contributed by atoms with Crippen molar-refractivity contribution in [2.45, 2.75) is 26.3 Å². The number of urea groups is 1. The van der Waals surface area contributed by atoms with Crippen LogP contribution in [0.25, 0.3) is 0 Å². The minimum absolute atomic E-state index is 0.109. The summed E-state index contributed by atoms with van der Waals surface area (Å²) in [4.78, 5) is 11.7. The summed E-state index contributed by atoms with van der Waals surface area (Å²) in [5, 5.41) is 5.90. The Labute approximate surface area is 110 Å². The molecule has 0 aromatic heterocycles. The third kappa shape index (κ3) is 2.79. The highest BCUT2D eigenvalue weighted by Crippen LogP contribution is 2.39. The van der Waals surface area contributed by atoms with E-state index in [1.165, 1.54) is 0 Å². The Bertz CT molecular complexity index is 465. The highest BCUT2D eigenvalue weighted by molar-refractivity contribution is 6.34. The van der Waals surface area contributed by atoms with Crippen molar-refractivity contribution in [2.75, 3.05) is 12.1 Å². The molecule has 2 rings (SSSR count). The summed E-state index contributed by atoms with van der Waals surface area (Å²) in [5.41, 5.74) is 0.502. The first-order valence-corrected chi connectivity index (χ1v) is 6.14. The molecule has 0 saturated heterocycles. The number of ether oxygens (including phenoxy) is 2. The number of nitrogens with one attached hydrogen (secondary N) is 2. The highest BCUT2D eigenvalue weighted by Gasteiger charge is 2.17. The molecular formula is C12H15ClN2O3. The number of benzene rings is 1. The summed E-state index contributed by atoms with van der Waals surface area (Å²) in [5.74, 6) is 1.17. The maximum Gasteiger partial charge on any atom is 0.319 e. The molecule has 18 heavy (non-hydrogen) atoms. The van der Waals surface area contributed by atoms with Crippen LogP contribution in [0.4, 0.5) is 10.5 Å². The zero-order chi connectivity index (χ0) is 13.1. The van der Waals surface area contributed by atoms with Gasteiger partial charge in [-0.05, 0) is 13.3 Å². The average Bonchev–Trinajstić information content (AvgIpc) is 2.76. The maximum atomic E-state index is 11.7. The Balaban J connectivity index is 2.07. The van der Waals surface area contributed by atoms with Crippen LogP contribution in [0.3, 0.4) is 0 Å². The second-order valence-electron chi connectivity index (χ2n) is 4.09. The molecule has 0 radical (unpaired) electrons. The van der Waals surface area contributed by atoms with Gasteiger partial charge in [0.2, 0.25) is 6.79 Å². The third-order valence-corrected chi connectivity index (χ3v) is 3.01. The van der Waals surface area contributed by atoms with E-state index in [1.807, 2.05) is 13.8 Å². The molecule has 0 unspecified atom stereocenters. The van der Waals surface area contributed by atoms with E-state index >= 15 is 0 Å². The number of amides is 2. The van der Waals surface area contributed by atoms with E-state index in [0.29, 0.717) is 22.2 Å². The summed E-state index contributed by atoms with van der Waals surface area (Å²) < 4.78 is 10.4. The van der Waals surface area contributed by atoms with Gasteiger partial charge in [0, 0.05) is 18.2 Å². The molecule has 1 atom stereocenters. The number of rotatable bonds is 3. The van der Waals surface area contributed by atoms with Crippen molar-refractivity contribution in [1.82, 2.24) is 5.32 Å². The summed E-state index contributed by atoms with van der Waals surface area (Å²) in [7, 11) is 0. The molecule has 0 bridgehead atoms. The molecule has 98 valence electrons. The quantitative estimate of drug-likeness (QED) is 0.888. The van der Waals surface area contributed by atoms with Crippen LogP contribution in [0.15, 0.2) is 12.1 Å². The van der Waals surface area contributed by atoms with Gasteiger partial charge >= 0.3 is 6.03 Å². The summed E-state index contributed by atoms with van der Waals surface area (Å²) >= 11 is 6.04. The zero-order valence-corrected chi connectivity index (χ0v) is 11.0. The van der Waals surface area contributed by atoms with Crippen molar-refractivity contribution in [3.8, 4) is 11.5 Å². The first-order chi connectivity index (χ1) is 8.60. The second-order valence-corrected chi connectivity index (χ2v) is 4.50. The fraction of sp³-hybridized carbons (Fsp3) is 0.417. The number of hydrogen-bond donors (Lipinski definition) is 2. The molecule has 0 spiro atoms. The fourth-order valence-corrected chi connectivity index (χ4v) is 1.70. The van der Waals surface area contributed by atoms with Crippen molar-refractivity contribution in [3.63, 3.8) is 0 Å². The predicted molar refractivity (Wildman–Crippen MR) is 69.5 cm³/mol. The molecular weight excluding hydrogens is 256 g/mol. The Morgan fingerprint density at radius 1 is 1.44 bits per heavy atom. The summed E-state index contributed by atoms with van der Waals surface area (Å²) in [6.45, 7) is 4.10. The molecule has 0 saturated carbocycles. The van der Waals surface area contributed by atoms with Crippen LogP contribution in [0.2, 0.25) is 5.02 Å². The van der Waals surface area contributed by atoms with Crippen molar-refractivity contribution >= 4 is 23.3 Å². The summed E-state index contributed by atoms with van der Waals surface area (Å²) in [6.07, 6.45) is 0.863. The summed E-state index contributed by atoms with van der Waals surface area (Å²) in [6, 6.07) is 3.10. The number of halogens is 1. The van der Waals surface area contributed by atoms with Gasteiger partial charge in [-0.2, -0.15) is 0 Å². The van der Waals surface area contributed by atoms with Crippen molar-refractivity contribution < 1.29 is 14.3 Å². The minimum atomic E-state index is -0.287. The van der Waals surface area contributed by atoms with Crippen LogP contribution >= 0.6 is 11.6 Å². The van der Waals surface area contributed by atoms with Gasteiger partial charge in [-0.25, -0.2) is 4.79 Å². The zero-order valence-electron chi connectivity index (χ0n) is 10.2. The number of fused-ring (bicyclic) bond motifs is 1. The van der Waals surface area contributed by atoms with Gasteiger partial charge in [0.1, 0.15) is 0 Å². The normalized spacial score (nSPS) is 14.2. The van der Waals surface area contributed by atoms with Gasteiger partial charge in [-0.1, -0.05) is 18.5 Å². The molecule has 0 aliphatic carbocycles. The van der Waals surface area contributed by atoms with Gasteiger partial charge in [0.25, 0.3) is 0 Å². The highest BCUT2D eigenvalue weighted by atomic mass is 35.5. The van der Waals surface area contributed by atoms with Gasteiger partial charge in [-0.15, -0.1) is 0 Å². The Kier molecular flexibility index (Phi) is 3.81. The number of anilines is 1. The Hall–Kier alpha value is -1.62. The SMILES string of the molecule is CC[C@H](C)NC(=O)Nc1cc2c(cc1Cl)OCO2. The first-order valence-electron chi connectivity index (χ1n) is 5.76. The molecule has 5 nitrogen and oxygen atoms in total. The van der Waals surface area contributed by atoms with Crippen molar-refractivity contribution in [1.29, 1.82) is 0 Å².